The number of hydrogen-bond acceptors (Lipinski definition) is 5. The van der Waals surface area contributed by atoms with E-state index in [0.717, 1.165) is 5.56 Å². The topological polar surface area (TPSA) is 64.6 Å². The van der Waals surface area contributed by atoms with Crippen molar-refractivity contribution < 1.29 is 19.1 Å². The monoisotopic (exact) mass is 247 g/mol. The van der Waals surface area contributed by atoms with Crippen LogP contribution in [0.2, 0.25) is 0 Å². The average molecular weight is 247 g/mol. The highest BCUT2D eigenvalue weighted by Gasteiger charge is 2.25. The molecule has 0 atom stereocenters. The number of fused-ring (bicyclic) bond motifs is 1. The van der Waals surface area contributed by atoms with Gasteiger partial charge >= 0.3 is 11.9 Å². The maximum Gasteiger partial charge on any atom is 0.339 e. The average Bonchev–Trinajstić information content (AvgIpc) is 2.44. The van der Waals surface area contributed by atoms with Crippen LogP contribution >= 0.6 is 0 Å². The van der Waals surface area contributed by atoms with Crippen molar-refractivity contribution >= 4 is 17.5 Å². The van der Waals surface area contributed by atoms with Crippen LogP contribution < -0.4 is 5.32 Å². The summed E-state index contributed by atoms with van der Waals surface area (Å²) in [5.74, 6) is -0.955. The van der Waals surface area contributed by atoms with E-state index in [1.807, 2.05) is 6.07 Å². The lowest BCUT2D eigenvalue weighted by atomic mass is 9.92. The van der Waals surface area contributed by atoms with Gasteiger partial charge < -0.3 is 14.8 Å². The predicted molar refractivity (Wildman–Crippen MR) is 64.6 cm³/mol. The van der Waals surface area contributed by atoms with Gasteiger partial charge in [0.1, 0.15) is 0 Å². The van der Waals surface area contributed by atoms with Crippen molar-refractivity contribution in [1.29, 1.82) is 0 Å². The summed E-state index contributed by atoms with van der Waals surface area (Å²) >= 11 is 0. The largest absolute Gasteiger partial charge is 0.465 e. The first kappa shape index (κ1) is 12.2. The van der Waals surface area contributed by atoms with Crippen molar-refractivity contribution in [2.24, 2.45) is 0 Å². The fourth-order valence-corrected chi connectivity index (χ4v) is 1.95. The van der Waals surface area contributed by atoms with Crippen LogP contribution in [0.3, 0.4) is 0 Å². The zero-order chi connectivity index (χ0) is 13.1. The van der Waals surface area contributed by atoms with E-state index in [9.17, 15) is 9.59 Å². The van der Waals surface area contributed by atoms with Crippen LogP contribution in [0.1, 0.15) is 21.5 Å². The molecule has 94 valence electrons. The molecule has 5 heteroatoms. The number of hydrogen-bond donors (Lipinski definition) is 1. The zero-order valence-corrected chi connectivity index (χ0v) is 10.1. The Balaban J connectivity index is 2.59. The third kappa shape index (κ3) is 1.95. The van der Waals surface area contributed by atoms with Crippen LogP contribution in [0, 0.1) is 0 Å². The standard InChI is InChI=1S/C13H13NO4/c1-17-12(15)9-5-3-4-8-6-14-7-10(11(8)9)13(16)18-2/h3-5,7,14H,6H2,1-2H3. The summed E-state index contributed by atoms with van der Waals surface area (Å²) in [6.45, 7) is 0.556. The lowest BCUT2D eigenvalue weighted by Crippen LogP contribution is -2.21. The quantitative estimate of drug-likeness (QED) is 0.792. The zero-order valence-electron chi connectivity index (χ0n) is 10.1. The van der Waals surface area contributed by atoms with Crippen molar-refractivity contribution in [1.82, 2.24) is 5.32 Å². The Labute approximate surface area is 104 Å². The predicted octanol–water partition coefficient (Wildman–Crippen LogP) is 1.09. The molecule has 0 amide bonds. The number of rotatable bonds is 2. The van der Waals surface area contributed by atoms with Gasteiger partial charge in [-0.3, -0.25) is 0 Å². The molecule has 0 radical (unpaired) electrons. The molecule has 5 nitrogen and oxygen atoms in total. The molecule has 1 heterocycles. The minimum Gasteiger partial charge on any atom is -0.465 e. The molecule has 0 bridgehead atoms. The molecule has 0 saturated carbocycles. The Kier molecular flexibility index (Phi) is 3.32. The highest BCUT2D eigenvalue weighted by molar-refractivity contribution is 6.19. The molecule has 18 heavy (non-hydrogen) atoms. The normalized spacial score (nSPS) is 12.9. The number of nitrogens with one attached hydrogen (secondary N) is 1. The lowest BCUT2D eigenvalue weighted by molar-refractivity contribution is -0.133. The summed E-state index contributed by atoms with van der Waals surface area (Å²) in [6.07, 6.45) is 1.56. The Bertz CT molecular complexity index is 534. The summed E-state index contributed by atoms with van der Waals surface area (Å²) < 4.78 is 9.44. The van der Waals surface area contributed by atoms with Gasteiger partial charge in [-0.25, -0.2) is 9.59 Å². The number of esters is 2. The highest BCUT2D eigenvalue weighted by atomic mass is 16.5. The van der Waals surface area contributed by atoms with Gasteiger partial charge in [0.05, 0.1) is 25.4 Å². The minimum atomic E-state index is -0.486. The molecule has 0 saturated heterocycles. The van der Waals surface area contributed by atoms with Crippen molar-refractivity contribution in [2.45, 2.75) is 6.54 Å². The van der Waals surface area contributed by atoms with Gasteiger partial charge in [0.15, 0.2) is 0 Å². The molecular weight excluding hydrogens is 234 g/mol. The first-order valence-corrected chi connectivity index (χ1v) is 5.41. The molecule has 0 aromatic heterocycles. The molecule has 1 aliphatic heterocycles. The number of methoxy groups -OCH3 is 2. The SMILES string of the molecule is COC(=O)C1=CNCc2cccc(C(=O)OC)c21. The van der Waals surface area contributed by atoms with E-state index in [1.165, 1.54) is 14.2 Å². The fraction of sp³-hybridized carbons (Fsp3) is 0.231. The third-order valence-electron chi connectivity index (χ3n) is 2.77. The third-order valence-corrected chi connectivity index (χ3v) is 2.77. The van der Waals surface area contributed by atoms with Gasteiger partial charge in [-0.2, -0.15) is 0 Å². The minimum absolute atomic E-state index is 0.333. The molecule has 0 unspecified atom stereocenters. The van der Waals surface area contributed by atoms with Gasteiger partial charge in [-0.05, 0) is 11.6 Å². The number of benzene rings is 1. The van der Waals surface area contributed by atoms with E-state index in [2.05, 4.69) is 5.32 Å². The molecular formula is C13H13NO4. The Morgan fingerprint density at radius 1 is 1.17 bits per heavy atom. The van der Waals surface area contributed by atoms with Crippen molar-refractivity contribution in [2.75, 3.05) is 14.2 Å². The second-order valence-corrected chi connectivity index (χ2v) is 3.76. The summed E-state index contributed by atoms with van der Waals surface area (Å²) in [4.78, 5) is 23.4. The first-order chi connectivity index (χ1) is 8.69. The molecule has 1 aromatic rings. The summed E-state index contributed by atoms with van der Waals surface area (Å²) in [5.41, 5.74) is 2.14. The Morgan fingerprint density at radius 2 is 1.89 bits per heavy atom. The van der Waals surface area contributed by atoms with Gasteiger partial charge in [0.25, 0.3) is 0 Å². The van der Waals surface area contributed by atoms with Gasteiger partial charge in [0, 0.05) is 18.3 Å². The van der Waals surface area contributed by atoms with Crippen LogP contribution in [0.4, 0.5) is 0 Å². The lowest BCUT2D eigenvalue weighted by Gasteiger charge is -2.19. The summed E-state index contributed by atoms with van der Waals surface area (Å²) in [7, 11) is 2.61. The fourth-order valence-electron chi connectivity index (χ4n) is 1.95. The van der Waals surface area contributed by atoms with Crippen molar-refractivity contribution in [3.8, 4) is 0 Å². The number of carbonyl (C=O) groups is 2. The van der Waals surface area contributed by atoms with E-state index in [1.54, 1.807) is 18.3 Å². The second-order valence-electron chi connectivity index (χ2n) is 3.76. The molecule has 0 aliphatic carbocycles. The molecule has 0 spiro atoms. The molecule has 0 fully saturated rings. The highest BCUT2D eigenvalue weighted by Crippen LogP contribution is 2.27. The van der Waals surface area contributed by atoms with E-state index < -0.39 is 11.9 Å². The van der Waals surface area contributed by atoms with Gasteiger partial charge in [-0.15, -0.1) is 0 Å². The van der Waals surface area contributed by atoms with Crippen molar-refractivity contribution in [3.05, 3.63) is 41.1 Å². The van der Waals surface area contributed by atoms with Crippen LogP contribution in [0.5, 0.6) is 0 Å². The van der Waals surface area contributed by atoms with Crippen LogP contribution in [-0.2, 0) is 20.8 Å². The summed E-state index contributed by atoms with van der Waals surface area (Å²) in [6, 6.07) is 5.24. The maximum atomic E-state index is 11.7. The van der Waals surface area contributed by atoms with E-state index in [4.69, 9.17) is 9.47 Å². The smallest absolute Gasteiger partial charge is 0.339 e. The molecule has 1 N–H and O–H groups in total. The first-order valence-electron chi connectivity index (χ1n) is 5.41. The van der Waals surface area contributed by atoms with E-state index >= 15 is 0 Å². The van der Waals surface area contributed by atoms with Gasteiger partial charge in [-0.1, -0.05) is 12.1 Å². The van der Waals surface area contributed by atoms with E-state index in [-0.39, 0.29) is 0 Å². The Morgan fingerprint density at radius 3 is 2.56 bits per heavy atom. The van der Waals surface area contributed by atoms with Crippen molar-refractivity contribution in [3.63, 3.8) is 0 Å². The second kappa shape index (κ2) is 4.91. The van der Waals surface area contributed by atoms with Gasteiger partial charge in [0.2, 0.25) is 0 Å². The van der Waals surface area contributed by atoms with Crippen LogP contribution in [0.25, 0.3) is 5.57 Å². The maximum absolute atomic E-state index is 11.7. The number of carbonyl (C=O) groups excluding carboxylic acids is 2. The summed E-state index contributed by atoms with van der Waals surface area (Å²) in [5, 5.41) is 2.98. The molecule has 1 aliphatic rings. The van der Waals surface area contributed by atoms with Crippen LogP contribution in [-0.4, -0.2) is 26.2 Å². The van der Waals surface area contributed by atoms with Crippen LogP contribution in [0.15, 0.2) is 24.4 Å². The molecule has 2 rings (SSSR count). The molecule has 1 aromatic carbocycles. The van der Waals surface area contributed by atoms with E-state index in [0.29, 0.717) is 23.2 Å². The Hall–Kier alpha value is -2.30. The number of ether oxygens (including phenoxy) is 2.